The van der Waals surface area contributed by atoms with Gasteiger partial charge in [0.25, 0.3) is 0 Å². The van der Waals surface area contributed by atoms with Crippen LogP contribution in [0.1, 0.15) is 34.1 Å². The molecule has 3 heteroatoms. The normalized spacial score (nSPS) is 13.5. The predicted octanol–water partition coefficient (Wildman–Crippen LogP) is 1.19. The summed E-state index contributed by atoms with van der Waals surface area (Å²) in [4.78, 5) is 22.4. The van der Waals surface area contributed by atoms with Crippen LogP contribution in [0.4, 0.5) is 0 Å². The molecule has 1 N–H and O–H groups in total. The van der Waals surface area contributed by atoms with Crippen molar-refractivity contribution in [1.82, 2.24) is 0 Å². The Labute approximate surface area is 79.1 Å². The highest BCUT2D eigenvalue weighted by molar-refractivity contribution is 5.91. The van der Waals surface area contributed by atoms with E-state index in [9.17, 15) is 14.7 Å². The maximum Gasteiger partial charge on any atom is 0.164 e. The lowest BCUT2D eigenvalue weighted by Gasteiger charge is -2.12. The van der Waals surface area contributed by atoms with Gasteiger partial charge in [0, 0.05) is 18.3 Å². The second-order valence-corrected chi connectivity index (χ2v) is 3.90. The van der Waals surface area contributed by atoms with E-state index in [4.69, 9.17) is 0 Å². The van der Waals surface area contributed by atoms with Crippen molar-refractivity contribution < 1.29 is 14.7 Å². The summed E-state index contributed by atoms with van der Waals surface area (Å²) in [6, 6.07) is 0. The third-order valence-corrected chi connectivity index (χ3v) is 1.94. The first kappa shape index (κ1) is 12.3. The van der Waals surface area contributed by atoms with Crippen LogP contribution in [0.5, 0.6) is 0 Å². The minimum atomic E-state index is -1.12. The standard InChI is InChI=1S/C10H18O3/c1-6(2)8(11)5-9(12)10(13)7(3)4/h6-7,9,12H,5H2,1-4H3/t9-/m1/s1. The van der Waals surface area contributed by atoms with E-state index in [-0.39, 0.29) is 29.8 Å². The molecule has 3 nitrogen and oxygen atoms in total. The molecule has 0 aliphatic carbocycles. The highest BCUT2D eigenvalue weighted by Gasteiger charge is 2.22. The summed E-state index contributed by atoms with van der Waals surface area (Å²) in [7, 11) is 0. The smallest absolute Gasteiger partial charge is 0.164 e. The fraction of sp³-hybridized carbons (Fsp3) is 0.800. The van der Waals surface area contributed by atoms with Crippen LogP contribution in [0, 0.1) is 11.8 Å². The Kier molecular flexibility index (Phi) is 4.85. The van der Waals surface area contributed by atoms with Crippen molar-refractivity contribution in [3.63, 3.8) is 0 Å². The van der Waals surface area contributed by atoms with Crippen molar-refractivity contribution in [2.45, 2.75) is 40.2 Å². The van der Waals surface area contributed by atoms with Gasteiger partial charge in [-0.25, -0.2) is 0 Å². The Hall–Kier alpha value is -0.700. The zero-order valence-electron chi connectivity index (χ0n) is 8.70. The van der Waals surface area contributed by atoms with Gasteiger partial charge in [-0.05, 0) is 0 Å². The summed E-state index contributed by atoms with van der Waals surface area (Å²) in [5.41, 5.74) is 0. The van der Waals surface area contributed by atoms with Crippen LogP contribution in [-0.2, 0) is 9.59 Å². The van der Waals surface area contributed by atoms with Crippen molar-refractivity contribution in [3.8, 4) is 0 Å². The van der Waals surface area contributed by atoms with Crippen LogP contribution < -0.4 is 0 Å². The molecule has 0 aromatic rings. The van der Waals surface area contributed by atoms with Crippen molar-refractivity contribution >= 4 is 11.6 Å². The maximum atomic E-state index is 11.2. The number of hydrogen-bond acceptors (Lipinski definition) is 3. The van der Waals surface area contributed by atoms with E-state index in [1.807, 2.05) is 0 Å². The highest BCUT2D eigenvalue weighted by Crippen LogP contribution is 2.07. The van der Waals surface area contributed by atoms with Crippen molar-refractivity contribution in [1.29, 1.82) is 0 Å². The molecule has 0 unspecified atom stereocenters. The molecule has 76 valence electrons. The minimum absolute atomic E-state index is 0.0469. The zero-order valence-corrected chi connectivity index (χ0v) is 8.70. The molecule has 0 saturated carbocycles. The van der Waals surface area contributed by atoms with Gasteiger partial charge in [-0.3, -0.25) is 9.59 Å². The molecule has 0 aliphatic heterocycles. The number of aliphatic hydroxyl groups is 1. The van der Waals surface area contributed by atoms with Gasteiger partial charge in [-0.15, -0.1) is 0 Å². The second kappa shape index (κ2) is 5.12. The van der Waals surface area contributed by atoms with Gasteiger partial charge >= 0.3 is 0 Å². The highest BCUT2D eigenvalue weighted by atomic mass is 16.3. The molecular formula is C10H18O3. The van der Waals surface area contributed by atoms with E-state index in [0.717, 1.165) is 0 Å². The quantitative estimate of drug-likeness (QED) is 0.701. The van der Waals surface area contributed by atoms with Gasteiger partial charge in [0.15, 0.2) is 5.78 Å². The van der Waals surface area contributed by atoms with Crippen LogP contribution in [0.2, 0.25) is 0 Å². The summed E-state index contributed by atoms with van der Waals surface area (Å²) >= 11 is 0. The summed E-state index contributed by atoms with van der Waals surface area (Å²) in [5, 5.41) is 9.34. The van der Waals surface area contributed by atoms with Crippen molar-refractivity contribution in [2.75, 3.05) is 0 Å². The van der Waals surface area contributed by atoms with Gasteiger partial charge in [0.1, 0.15) is 11.9 Å². The number of ketones is 2. The maximum absolute atomic E-state index is 11.2. The molecule has 0 amide bonds. The molecule has 0 aromatic carbocycles. The molecule has 0 fully saturated rings. The number of carbonyl (C=O) groups is 2. The third kappa shape index (κ3) is 4.18. The van der Waals surface area contributed by atoms with E-state index in [1.54, 1.807) is 27.7 Å². The molecular weight excluding hydrogens is 168 g/mol. The van der Waals surface area contributed by atoms with Crippen molar-refractivity contribution in [3.05, 3.63) is 0 Å². The summed E-state index contributed by atoms with van der Waals surface area (Å²) in [6.07, 6.45) is -1.16. The van der Waals surface area contributed by atoms with Gasteiger partial charge < -0.3 is 5.11 Å². The van der Waals surface area contributed by atoms with Crippen LogP contribution in [0.25, 0.3) is 0 Å². The topological polar surface area (TPSA) is 54.4 Å². The van der Waals surface area contributed by atoms with E-state index in [2.05, 4.69) is 0 Å². The number of hydrogen-bond donors (Lipinski definition) is 1. The average Bonchev–Trinajstić information content (AvgIpc) is 2.02. The van der Waals surface area contributed by atoms with Crippen molar-refractivity contribution in [2.24, 2.45) is 11.8 Å². The molecule has 0 aliphatic rings. The Morgan fingerprint density at radius 3 is 1.85 bits per heavy atom. The fourth-order valence-electron chi connectivity index (χ4n) is 0.912. The monoisotopic (exact) mass is 186 g/mol. The van der Waals surface area contributed by atoms with E-state index < -0.39 is 6.10 Å². The van der Waals surface area contributed by atoms with Gasteiger partial charge in [-0.2, -0.15) is 0 Å². The SMILES string of the molecule is CC(C)C(=O)C[C@@H](O)C(=O)C(C)C. The van der Waals surface area contributed by atoms with E-state index >= 15 is 0 Å². The van der Waals surface area contributed by atoms with Crippen LogP contribution >= 0.6 is 0 Å². The molecule has 0 rings (SSSR count). The van der Waals surface area contributed by atoms with E-state index in [1.165, 1.54) is 0 Å². The Bertz CT molecular complexity index is 194. The molecule has 0 bridgehead atoms. The number of Topliss-reactive ketones (excluding diaryl/α,β-unsaturated/α-hetero) is 2. The lowest BCUT2D eigenvalue weighted by atomic mass is 9.96. The lowest BCUT2D eigenvalue weighted by Crippen LogP contribution is -2.28. The first-order valence-electron chi connectivity index (χ1n) is 4.60. The van der Waals surface area contributed by atoms with E-state index in [0.29, 0.717) is 0 Å². The number of carbonyl (C=O) groups excluding carboxylic acids is 2. The second-order valence-electron chi connectivity index (χ2n) is 3.90. The van der Waals surface area contributed by atoms with Gasteiger partial charge in [0.2, 0.25) is 0 Å². The van der Waals surface area contributed by atoms with Gasteiger partial charge in [-0.1, -0.05) is 27.7 Å². The molecule has 0 heterocycles. The Morgan fingerprint density at radius 1 is 1.08 bits per heavy atom. The predicted molar refractivity (Wildman–Crippen MR) is 50.3 cm³/mol. The first-order chi connectivity index (χ1) is 5.86. The summed E-state index contributed by atoms with van der Waals surface area (Å²) in [6.45, 7) is 6.95. The number of aliphatic hydroxyl groups excluding tert-OH is 1. The Morgan fingerprint density at radius 2 is 1.54 bits per heavy atom. The number of rotatable bonds is 5. The lowest BCUT2D eigenvalue weighted by molar-refractivity contribution is -0.135. The molecule has 0 aromatic heterocycles. The Balaban J connectivity index is 4.08. The molecule has 13 heavy (non-hydrogen) atoms. The van der Waals surface area contributed by atoms with Crippen LogP contribution in [0.15, 0.2) is 0 Å². The van der Waals surface area contributed by atoms with Crippen LogP contribution in [-0.4, -0.2) is 22.8 Å². The minimum Gasteiger partial charge on any atom is -0.385 e. The fourth-order valence-corrected chi connectivity index (χ4v) is 0.912. The summed E-state index contributed by atoms with van der Waals surface area (Å²) < 4.78 is 0. The third-order valence-electron chi connectivity index (χ3n) is 1.94. The van der Waals surface area contributed by atoms with Crippen LogP contribution in [0.3, 0.4) is 0 Å². The first-order valence-corrected chi connectivity index (χ1v) is 4.60. The molecule has 0 saturated heterocycles. The van der Waals surface area contributed by atoms with Gasteiger partial charge in [0.05, 0.1) is 0 Å². The molecule has 0 radical (unpaired) electrons. The molecule has 0 spiro atoms. The zero-order chi connectivity index (χ0) is 10.6. The molecule has 1 atom stereocenters. The summed E-state index contributed by atoms with van der Waals surface area (Å²) in [5.74, 6) is -0.653. The largest absolute Gasteiger partial charge is 0.385 e. The average molecular weight is 186 g/mol.